The Hall–Kier alpha value is -0.249. The minimum atomic E-state index is -2.92. The van der Waals surface area contributed by atoms with E-state index in [1.807, 2.05) is 6.07 Å². The molecule has 3 nitrogen and oxygen atoms in total. The zero-order chi connectivity index (χ0) is 19.0. The molecule has 0 fully saturated rings. The van der Waals surface area contributed by atoms with Gasteiger partial charge in [0, 0.05) is 12.3 Å². The maximum Gasteiger partial charge on any atom is 0.516 e. The molecule has 0 aliphatic heterocycles. The highest BCUT2D eigenvalue weighted by atomic mass is 28.5. The van der Waals surface area contributed by atoms with Crippen LogP contribution in [0.25, 0.3) is 0 Å². The van der Waals surface area contributed by atoms with Crippen LogP contribution < -0.4 is 5.19 Å². The smallest absolute Gasteiger partial charge is 0.412 e. The maximum atomic E-state index is 7.04. The fraction of sp³-hybridized carbons (Fsp3) is 0.684. The summed E-state index contributed by atoms with van der Waals surface area (Å²) in [5.74, 6) is 0. The summed E-state index contributed by atoms with van der Waals surface area (Å²) in [6, 6.07) is 17.1. The Labute approximate surface area is 158 Å². The van der Waals surface area contributed by atoms with Crippen molar-refractivity contribution in [3.8, 4) is 0 Å². The van der Waals surface area contributed by atoms with E-state index in [0.717, 1.165) is 41.5 Å². The van der Waals surface area contributed by atoms with Crippen LogP contribution >= 0.6 is 0 Å². The third-order valence-electron chi connectivity index (χ3n) is 5.96. The Morgan fingerprint density at radius 1 is 0.640 bits per heavy atom. The van der Waals surface area contributed by atoms with Gasteiger partial charge in [0.1, 0.15) is 0 Å². The van der Waals surface area contributed by atoms with Gasteiger partial charge in [-0.05, 0) is 36.3 Å². The second kappa shape index (κ2) is 10.2. The average Bonchev–Trinajstić information content (AvgIpc) is 2.70. The molecule has 0 saturated heterocycles. The third kappa shape index (κ3) is 5.14. The molecule has 0 aliphatic carbocycles. The first kappa shape index (κ1) is 22.8. The van der Waals surface area contributed by atoms with Gasteiger partial charge in [0.05, 0.1) is 0 Å². The SMILES string of the molecule is CC[Si](CC)(CC)O[Si](OC)(O[Si](CC)(CC)CC)c1ccccc1. The zero-order valence-corrected chi connectivity index (χ0v) is 20.4. The molecule has 144 valence electrons. The minimum Gasteiger partial charge on any atom is -0.412 e. The van der Waals surface area contributed by atoms with E-state index < -0.39 is 25.4 Å². The van der Waals surface area contributed by atoms with Gasteiger partial charge in [-0.15, -0.1) is 0 Å². The van der Waals surface area contributed by atoms with Gasteiger partial charge in [-0.25, -0.2) is 0 Å². The lowest BCUT2D eigenvalue weighted by Crippen LogP contribution is -2.66. The van der Waals surface area contributed by atoms with Crippen molar-refractivity contribution < 1.29 is 12.7 Å². The van der Waals surface area contributed by atoms with E-state index in [9.17, 15) is 0 Å². The van der Waals surface area contributed by atoms with Crippen LogP contribution in [0.1, 0.15) is 41.5 Å². The van der Waals surface area contributed by atoms with E-state index in [4.69, 9.17) is 12.7 Å². The summed E-state index contributed by atoms with van der Waals surface area (Å²) in [4.78, 5) is 0. The van der Waals surface area contributed by atoms with Crippen LogP contribution in [0.4, 0.5) is 0 Å². The summed E-state index contributed by atoms with van der Waals surface area (Å²) in [5.41, 5.74) is 0. The van der Waals surface area contributed by atoms with E-state index in [1.165, 1.54) is 0 Å². The van der Waals surface area contributed by atoms with Crippen LogP contribution in [-0.2, 0) is 12.7 Å². The van der Waals surface area contributed by atoms with Gasteiger partial charge in [0.25, 0.3) is 0 Å². The fourth-order valence-corrected chi connectivity index (χ4v) is 17.5. The normalized spacial score (nSPS) is 13.2. The number of benzene rings is 1. The Bertz CT molecular complexity index is 449. The van der Waals surface area contributed by atoms with Crippen LogP contribution in [-0.4, -0.2) is 32.5 Å². The summed E-state index contributed by atoms with van der Waals surface area (Å²) >= 11 is 0. The van der Waals surface area contributed by atoms with Crippen molar-refractivity contribution in [2.24, 2.45) is 0 Å². The molecule has 25 heavy (non-hydrogen) atoms. The van der Waals surface area contributed by atoms with Crippen LogP contribution in [0.3, 0.4) is 0 Å². The molecular weight excluding hydrogens is 360 g/mol. The standard InChI is InChI=1S/C19H38O3Si3/c1-8-23(9-2,10-3)21-25(20-7,19-17-15-14-16-18-19)22-24(11-4,12-5)13-6/h14-18H,8-13H2,1-7H3. The van der Waals surface area contributed by atoms with E-state index >= 15 is 0 Å². The van der Waals surface area contributed by atoms with Crippen molar-refractivity contribution >= 4 is 30.6 Å². The summed E-state index contributed by atoms with van der Waals surface area (Å²) in [5, 5.41) is 1.12. The van der Waals surface area contributed by atoms with Gasteiger partial charge < -0.3 is 12.7 Å². The number of rotatable bonds is 12. The lowest BCUT2D eigenvalue weighted by atomic mass is 10.4. The van der Waals surface area contributed by atoms with Crippen molar-refractivity contribution in [2.45, 2.75) is 77.8 Å². The first-order valence-electron chi connectivity index (χ1n) is 9.95. The fourth-order valence-electron chi connectivity index (χ4n) is 3.49. The highest BCUT2D eigenvalue weighted by Gasteiger charge is 2.53. The van der Waals surface area contributed by atoms with Gasteiger partial charge >= 0.3 is 8.80 Å². The molecular formula is C19H38O3Si3. The summed E-state index contributed by atoms with van der Waals surface area (Å²) in [7, 11) is -4.85. The lowest BCUT2D eigenvalue weighted by molar-refractivity contribution is 0.211. The Morgan fingerprint density at radius 2 is 1.00 bits per heavy atom. The monoisotopic (exact) mass is 398 g/mol. The number of hydrogen-bond acceptors (Lipinski definition) is 3. The summed E-state index contributed by atoms with van der Waals surface area (Å²) < 4.78 is 20.3. The van der Waals surface area contributed by atoms with E-state index in [1.54, 1.807) is 7.11 Å². The van der Waals surface area contributed by atoms with E-state index in [0.29, 0.717) is 0 Å². The first-order chi connectivity index (χ1) is 11.9. The molecule has 1 aromatic rings. The highest BCUT2D eigenvalue weighted by molar-refractivity contribution is 6.93. The Kier molecular flexibility index (Phi) is 9.28. The molecule has 0 aromatic heterocycles. The molecule has 1 aromatic carbocycles. The van der Waals surface area contributed by atoms with Crippen molar-refractivity contribution in [2.75, 3.05) is 7.11 Å². The van der Waals surface area contributed by atoms with Crippen LogP contribution in [0.2, 0.25) is 36.3 Å². The van der Waals surface area contributed by atoms with Crippen LogP contribution in [0.15, 0.2) is 30.3 Å². The zero-order valence-electron chi connectivity index (χ0n) is 17.4. The third-order valence-corrected chi connectivity index (χ3v) is 20.9. The summed E-state index contributed by atoms with van der Waals surface area (Å²) in [6.45, 7) is 13.6. The van der Waals surface area contributed by atoms with Gasteiger partial charge in [-0.1, -0.05) is 71.9 Å². The Morgan fingerprint density at radius 3 is 1.28 bits per heavy atom. The molecule has 0 spiro atoms. The molecule has 0 unspecified atom stereocenters. The van der Waals surface area contributed by atoms with Crippen molar-refractivity contribution in [3.63, 3.8) is 0 Å². The van der Waals surface area contributed by atoms with Gasteiger partial charge in [-0.3, -0.25) is 0 Å². The van der Waals surface area contributed by atoms with Crippen molar-refractivity contribution in [1.29, 1.82) is 0 Å². The molecule has 0 atom stereocenters. The van der Waals surface area contributed by atoms with Gasteiger partial charge in [-0.2, -0.15) is 0 Å². The van der Waals surface area contributed by atoms with Crippen molar-refractivity contribution in [3.05, 3.63) is 30.3 Å². The predicted octanol–water partition coefficient (Wildman–Crippen LogP) is 5.52. The van der Waals surface area contributed by atoms with Crippen LogP contribution in [0.5, 0.6) is 0 Å². The molecule has 0 heterocycles. The minimum absolute atomic E-state index is 1.10. The van der Waals surface area contributed by atoms with Gasteiger partial charge in [0.2, 0.25) is 0 Å². The molecule has 0 amide bonds. The second-order valence-corrected chi connectivity index (χ2v) is 19.5. The Balaban J connectivity index is 3.44. The summed E-state index contributed by atoms with van der Waals surface area (Å²) in [6.07, 6.45) is 0. The molecule has 6 heteroatoms. The topological polar surface area (TPSA) is 27.7 Å². The average molecular weight is 399 g/mol. The maximum absolute atomic E-state index is 7.04. The molecule has 0 aliphatic rings. The van der Waals surface area contributed by atoms with Gasteiger partial charge in [0.15, 0.2) is 16.6 Å². The molecule has 1 rings (SSSR count). The highest BCUT2D eigenvalue weighted by Crippen LogP contribution is 2.32. The molecule has 0 N–H and O–H groups in total. The quantitative estimate of drug-likeness (QED) is 0.434. The second-order valence-electron chi connectivity index (χ2n) is 6.82. The largest absolute Gasteiger partial charge is 0.516 e. The molecule has 0 radical (unpaired) electrons. The molecule has 0 bridgehead atoms. The lowest BCUT2D eigenvalue weighted by Gasteiger charge is -2.43. The predicted molar refractivity (Wildman–Crippen MR) is 115 cm³/mol. The first-order valence-corrected chi connectivity index (χ1v) is 16.7. The van der Waals surface area contributed by atoms with Crippen LogP contribution in [0, 0.1) is 0 Å². The molecule has 0 saturated carbocycles. The van der Waals surface area contributed by atoms with Crippen molar-refractivity contribution in [1.82, 2.24) is 0 Å². The van der Waals surface area contributed by atoms with E-state index in [2.05, 4.69) is 65.8 Å². The van der Waals surface area contributed by atoms with E-state index in [-0.39, 0.29) is 0 Å². The number of hydrogen-bond donors (Lipinski definition) is 0.